The number of hydrogen-bond donors (Lipinski definition) is 1. The molecule has 0 saturated heterocycles. The van der Waals surface area contributed by atoms with Crippen LogP contribution in [0.1, 0.15) is 43.6 Å². The van der Waals surface area contributed by atoms with Crippen LogP contribution in [0.25, 0.3) is 0 Å². The highest BCUT2D eigenvalue weighted by Crippen LogP contribution is 2.47. The van der Waals surface area contributed by atoms with E-state index in [9.17, 15) is 5.11 Å². The average Bonchev–Trinajstić information content (AvgIpc) is 2.82. The molecule has 0 bridgehead atoms. The van der Waals surface area contributed by atoms with Crippen LogP contribution in [0.4, 0.5) is 0 Å². The molecule has 0 unspecified atom stereocenters. The number of aliphatic hydroxyl groups is 1. The first-order chi connectivity index (χ1) is 6.94. The molecule has 1 aromatic rings. The fourth-order valence-electron chi connectivity index (χ4n) is 2.31. The number of aromatic nitrogens is 1. The molecule has 2 heteroatoms. The van der Waals surface area contributed by atoms with Gasteiger partial charge in [-0.2, -0.15) is 0 Å². The summed E-state index contributed by atoms with van der Waals surface area (Å²) in [6, 6.07) is 2.16. The molecular weight excluding hydrogens is 186 g/mol. The molecule has 0 amide bonds. The fourth-order valence-corrected chi connectivity index (χ4v) is 2.31. The van der Waals surface area contributed by atoms with E-state index in [0.717, 1.165) is 24.9 Å². The lowest BCUT2D eigenvalue weighted by molar-refractivity contribution is 0.150. The SMILES string of the molecule is Cc1cc(C2(O)CC2)c(C)n1CC(C)C. The van der Waals surface area contributed by atoms with Crippen LogP contribution in [0, 0.1) is 19.8 Å². The van der Waals surface area contributed by atoms with Gasteiger partial charge in [-0.25, -0.2) is 0 Å². The van der Waals surface area contributed by atoms with Gasteiger partial charge in [0.1, 0.15) is 0 Å². The quantitative estimate of drug-likeness (QED) is 0.810. The Morgan fingerprint density at radius 1 is 1.40 bits per heavy atom. The van der Waals surface area contributed by atoms with Crippen molar-refractivity contribution in [3.63, 3.8) is 0 Å². The minimum Gasteiger partial charge on any atom is -0.385 e. The number of nitrogens with zero attached hydrogens (tertiary/aromatic N) is 1. The Morgan fingerprint density at radius 3 is 2.47 bits per heavy atom. The zero-order chi connectivity index (χ0) is 11.2. The van der Waals surface area contributed by atoms with Crippen molar-refractivity contribution in [3.05, 3.63) is 23.0 Å². The molecule has 1 heterocycles. The molecule has 0 atom stereocenters. The first-order valence-corrected chi connectivity index (χ1v) is 5.83. The molecule has 0 radical (unpaired) electrons. The molecule has 1 aromatic heterocycles. The highest BCUT2D eigenvalue weighted by atomic mass is 16.3. The van der Waals surface area contributed by atoms with Crippen LogP contribution in [0.2, 0.25) is 0 Å². The normalized spacial score (nSPS) is 18.5. The van der Waals surface area contributed by atoms with E-state index in [-0.39, 0.29) is 0 Å². The number of hydrogen-bond acceptors (Lipinski definition) is 1. The van der Waals surface area contributed by atoms with E-state index in [4.69, 9.17) is 0 Å². The van der Waals surface area contributed by atoms with Crippen LogP contribution in [0.15, 0.2) is 6.07 Å². The molecule has 1 aliphatic rings. The van der Waals surface area contributed by atoms with E-state index in [2.05, 4.69) is 38.3 Å². The maximum atomic E-state index is 10.1. The van der Waals surface area contributed by atoms with Crippen LogP contribution in [-0.4, -0.2) is 9.67 Å². The van der Waals surface area contributed by atoms with Crippen LogP contribution in [-0.2, 0) is 12.1 Å². The highest BCUT2D eigenvalue weighted by Gasteiger charge is 2.44. The van der Waals surface area contributed by atoms with Crippen molar-refractivity contribution in [1.29, 1.82) is 0 Å². The fraction of sp³-hybridized carbons (Fsp3) is 0.692. The van der Waals surface area contributed by atoms with Crippen molar-refractivity contribution < 1.29 is 5.11 Å². The van der Waals surface area contributed by atoms with Gasteiger partial charge in [0.2, 0.25) is 0 Å². The van der Waals surface area contributed by atoms with Crippen molar-refractivity contribution >= 4 is 0 Å². The number of rotatable bonds is 3. The minimum atomic E-state index is -0.489. The van der Waals surface area contributed by atoms with Crippen molar-refractivity contribution in [3.8, 4) is 0 Å². The van der Waals surface area contributed by atoms with Gasteiger partial charge in [-0.3, -0.25) is 0 Å². The Labute approximate surface area is 91.9 Å². The third kappa shape index (κ3) is 1.83. The minimum absolute atomic E-state index is 0.489. The number of aryl methyl sites for hydroxylation is 1. The molecule has 2 rings (SSSR count). The van der Waals surface area contributed by atoms with Gasteiger partial charge in [0.15, 0.2) is 0 Å². The van der Waals surface area contributed by atoms with Crippen LogP contribution in [0.5, 0.6) is 0 Å². The van der Waals surface area contributed by atoms with Crippen LogP contribution in [0.3, 0.4) is 0 Å². The zero-order valence-electron chi connectivity index (χ0n) is 10.2. The summed E-state index contributed by atoms with van der Waals surface area (Å²) in [5.74, 6) is 0.650. The first-order valence-electron chi connectivity index (χ1n) is 5.83. The lowest BCUT2D eigenvalue weighted by Crippen LogP contribution is -2.10. The maximum absolute atomic E-state index is 10.1. The molecule has 1 N–H and O–H groups in total. The van der Waals surface area contributed by atoms with Gasteiger partial charge < -0.3 is 9.67 Å². The third-order valence-corrected chi connectivity index (χ3v) is 3.35. The van der Waals surface area contributed by atoms with Gasteiger partial charge in [0.05, 0.1) is 5.60 Å². The van der Waals surface area contributed by atoms with Crippen molar-refractivity contribution in [2.45, 2.75) is 52.7 Å². The van der Waals surface area contributed by atoms with Crippen molar-refractivity contribution in [2.75, 3.05) is 0 Å². The van der Waals surface area contributed by atoms with Crippen LogP contribution < -0.4 is 0 Å². The lowest BCUT2D eigenvalue weighted by Gasteiger charge is -2.13. The maximum Gasteiger partial charge on any atom is 0.0916 e. The van der Waals surface area contributed by atoms with E-state index < -0.39 is 5.60 Å². The zero-order valence-corrected chi connectivity index (χ0v) is 10.2. The Balaban J connectivity index is 2.35. The Kier molecular flexibility index (Phi) is 2.42. The predicted molar refractivity (Wildman–Crippen MR) is 61.9 cm³/mol. The Bertz CT molecular complexity index is 372. The van der Waals surface area contributed by atoms with Gasteiger partial charge in [-0.1, -0.05) is 13.8 Å². The molecule has 1 fully saturated rings. The van der Waals surface area contributed by atoms with Gasteiger partial charge in [0.25, 0.3) is 0 Å². The summed E-state index contributed by atoms with van der Waals surface area (Å²) in [4.78, 5) is 0. The summed E-state index contributed by atoms with van der Waals surface area (Å²) >= 11 is 0. The summed E-state index contributed by atoms with van der Waals surface area (Å²) in [5.41, 5.74) is 3.19. The molecule has 0 spiro atoms. The molecular formula is C13H21NO. The molecule has 84 valence electrons. The van der Waals surface area contributed by atoms with Gasteiger partial charge >= 0.3 is 0 Å². The summed E-state index contributed by atoms with van der Waals surface area (Å²) in [7, 11) is 0. The molecule has 15 heavy (non-hydrogen) atoms. The summed E-state index contributed by atoms with van der Waals surface area (Å²) < 4.78 is 2.33. The van der Waals surface area contributed by atoms with E-state index in [1.54, 1.807) is 0 Å². The predicted octanol–water partition coefficient (Wildman–Crippen LogP) is 2.74. The van der Waals surface area contributed by atoms with E-state index in [0.29, 0.717) is 5.92 Å². The van der Waals surface area contributed by atoms with E-state index >= 15 is 0 Å². The molecule has 2 nitrogen and oxygen atoms in total. The van der Waals surface area contributed by atoms with Crippen molar-refractivity contribution in [1.82, 2.24) is 4.57 Å². The monoisotopic (exact) mass is 207 g/mol. The van der Waals surface area contributed by atoms with Gasteiger partial charge in [-0.15, -0.1) is 0 Å². The standard InChI is InChI=1S/C13H21NO/c1-9(2)8-14-10(3)7-12(11(14)4)13(15)5-6-13/h7,9,15H,5-6,8H2,1-4H3. The smallest absolute Gasteiger partial charge is 0.0916 e. The summed E-state index contributed by atoms with van der Waals surface area (Å²) in [6.45, 7) is 9.76. The topological polar surface area (TPSA) is 25.2 Å². The van der Waals surface area contributed by atoms with Gasteiger partial charge in [0, 0.05) is 23.5 Å². The Hall–Kier alpha value is -0.760. The van der Waals surface area contributed by atoms with Crippen molar-refractivity contribution in [2.24, 2.45) is 5.92 Å². The lowest BCUT2D eigenvalue weighted by atomic mass is 10.1. The van der Waals surface area contributed by atoms with Crippen LogP contribution >= 0.6 is 0 Å². The molecule has 0 aromatic carbocycles. The highest BCUT2D eigenvalue weighted by molar-refractivity contribution is 5.35. The second kappa shape index (κ2) is 3.38. The third-order valence-electron chi connectivity index (χ3n) is 3.35. The average molecular weight is 207 g/mol. The summed E-state index contributed by atoms with van der Waals surface area (Å²) in [5, 5.41) is 10.1. The summed E-state index contributed by atoms with van der Waals surface area (Å²) in [6.07, 6.45) is 1.86. The molecule has 1 saturated carbocycles. The van der Waals surface area contributed by atoms with Gasteiger partial charge in [-0.05, 0) is 38.7 Å². The second-order valence-electron chi connectivity index (χ2n) is 5.32. The first kappa shape index (κ1) is 10.7. The Morgan fingerprint density at radius 2 is 2.00 bits per heavy atom. The van der Waals surface area contributed by atoms with E-state index in [1.807, 2.05) is 0 Å². The molecule has 1 aliphatic carbocycles. The van der Waals surface area contributed by atoms with E-state index in [1.165, 1.54) is 11.4 Å². The second-order valence-corrected chi connectivity index (χ2v) is 5.32. The molecule has 0 aliphatic heterocycles. The largest absolute Gasteiger partial charge is 0.385 e.